The van der Waals surface area contributed by atoms with Gasteiger partial charge in [0.2, 0.25) is 0 Å². The van der Waals surface area contributed by atoms with Crippen LogP contribution in [0, 0.1) is 5.92 Å². The molecule has 1 saturated carbocycles. The predicted octanol–water partition coefficient (Wildman–Crippen LogP) is 3.90. The van der Waals surface area contributed by atoms with Crippen molar-refractivity contribution in [3.8, 4) is 0 Å². The summed E-state index contributed by atoms with van der Waals surface area (Å²) in [7, 11) is 0. The minimum Gasteiger partial charge on any atom is -0.390 e. The summed E-state index contributed by atoms with van der Waals surface area (Å²) in [5, 5.41) is 10.4. The van der Waals surface area contributed by atoms with E-state index in [4.69, 9.17) is 0 Å². The maximum atomic E-state index is 10.4. The lowest BCUT2D eigenvalue weighted by molar-refractivity contribution is 0.0455. The molecule has 2 rings (SSSR count). The van der Waals surface area contributed by atoms with E-state index in [1.807, 2.05) is 6.92 Å². The van der Waals surface area contributed by atoms with E-state index in [0.29, 0.717) is 5.92 Å². The predicted molar refractivity (Wildman–Crippen MR) is 72.2 cm³/mol. The molecule has 0 heterocycles. The van der Waals surface area contributed by atoms with Gasteiger partial charge in [0.25, 0.3) is 0 Å². The number of aliphatic hydroxyl groups is 1. The van der Waals surface area contributed by atoms with E-state index < -0.39 is 5.60 Å². The quantitative estimate of drug-likeness (QED) is 0.816. The van der Waals surface area contributed by atoms with Crippen LogP contribution in [0.15, 0.2) is 24.3 Å². The van der Waals surface area contributed by atoms with Crippen LogP contribution in [-0.2, 0) is 6.42 Å². The van der Waals surface area contributed by atoms with E-state index in [1.54, 1.807) is 0 Å². The third-order valence-corrected chi connectivity index (χ3v) is 3.66. The fraction of sp³-hybridized carbons (Fsp3) is 0.625. The van der Waals surface area contributed by atoms with Crippen molar-refractivity contribution in [3.05, 3.63) is 35.4 Å². The minimum atomic E-state index is -0.527. The van der Waals surface area contributed by atoms with Gasteiger partial charge in [0.15, 0.2) is 0 Å². The third kappa shape index (κ3) is 3.85. The molecule has 1 fully saturated rings. The molecule has 1 aromatic carbocycles. The molecule has 0 amide bonds. The molecule has 1 heteroatoms. The average molecular weight is 232 g/mol. The second kappa shape index (κ2) is 4.81. The van der Waals surface area contributed by atoms with E-state index in [9.17, 15) is 5.11 Å². The third-order valence-electron chi connectivity index (χ3n) is 3.66. The molecule has 1 nitrogen and oxygen atoms in total. The van der Waals surface area contributed by atoms with Crippen molar-refractivity contribution in [2.75, 3.05) is 0 Å². The Morgan fingerprint density at radius 1 is 1.24 bits per heavy atom. The Balaban J connectivity index is 1.97. The monoisotopic (exact) mass is 232 g/mol. The molecule has 0 saturated heterocycles. The molecule has 1 atom stereocenters. The second-order valence-corrected chi connectivity index (χ2v) is 6.22. The lowest BCUT2D eigenvalue weighted by Crippen LogP contribution is -2.27. The summed E-state index contributed by atoms with van der Waals surface area (Å²) < 4.78 is 0. The van der Waals surface area contributed by atoms with Crippen LogP contribution in [0.25, 0.3) is 0 Å². The fourth-order valence-corrected chi connectivity index (χ4v) is 2.48. The van der Waals surface area contributed by atoms with E-state index in [0.717, 1.165) is 18.8 Å². The first-order valence-corrected chi connectivity index (χ1v) is 6.77. The Kier molecular flexibility index (Phi) is 3.58. The molecule has 1 unspecified atom stereocenters. The molecule has 17 heavy (non-hydrogen) atoms. The molecule has 0 aromatic heterocycles. The van der Waals surface area contributed by atoms with Gasteiger partial charge in [-0.15, -0.1) is 0 Å². The number of hydrogen-bond donors (Lipinski definition) is 1. The van der Waals surface area contributed by atoms with Crippen LogP contribution in [0.3, 0.4) is 0 Å². The fourth-order valence-electron chi connectivity index (χ4n) is 2.48. The van der Waals surface area contributed by atoms with Crippen molar-refractivity contribution in [2.45, 2.75) is 58.0 Å². The standard InChI is InChI=1S/C16H24O/c1-12(2)15-8-6-14(7-9-15)11-16(3,17)10-13-4-5-13/h6-9,12-13,17H,4-5,10-11H2,1-3H3. The Labute approximate surface area is 105 Å². The smallest absolute Gasteiger partial charge is 0.0662 e. The highest BCUT2D eigenvalue weighted by Gasteiger charge is 2.31. The van der Waals surface area contributed by atoms with Gasteiger partial charge in [-0.25, -0.2) is 0 Å². The molecule has 1 N–H and O–H groups in total. The molecule has 94 valence electrons. The Morgan fingerprint density at radius 3 is 2.29 bits per heavy atom. The Morgan fingerprint density at radius 2 is 1.82 bits per heavy atom. The molecular weight excluding hydrogens is 208 g/mol. The van der Waals surface area contributed by atoms with Crippen molar-refractivity contribution in [2.24, 2.45) is 5.92 Å². The molecule has 0 aliphatic heterocycles. The summed E-state index contributed by atoms with van der Waals surface area (Å²) >= 11 is 0. The normalized spacial score (nSPS) is 19.4. The van der Waals surface area contributed by atoms with Crippen LogP contribution in [-0.4, -0.2) is 10.7 Å². The molecule has 1 aromatic rings. The first-order valence-electron chi connectivity index (χ1n) is 6.77. The highest BCUT2D eigenvalue weighted by atomic mass is 16.3. The zero-order chi connectivity index (χ0) is 12.5. The summed E-state index contributed by atoms with van der Waals surface area (Å²) in [4.78, 5) is 0. The van der Waals surface area contributed by atoms with Crippen LogP contribution in [0.5, 0.6) is 0 Å². The SMILES string of the molecule is CC(C)c1ccc(CC(C)(O)CC2CC2)cc1. The van der Waals surface area contributed by atoms with Crippen molar-refractivity contribution < 1.29 is 5.11 Å². The van der Waals surface area contributed by atoms with Crippen LogP contribution >= 0.6 is 0 Å². The minimum absolute atomic E-state index is 0.527. The lowest BCUT2D eigenvalue weighted by Gasteiger charge is -2.23. The maximum Gasteiger partial charge on any atom is 0.0662 e. The van der Waals surface area contributed by atoms with Gasteiger partial charge in [-0.1, -0.05) is 51.0 Å². The Bertz CT molecular complexity index is 358. The zero-order valence-electron chi connectivity index (χ0n) is 11.2. The molecule has 0 bridgehead atoms. The van der Waals surface area contributed by atoms with Gasteiger partial charge in [-0.2, -0.15) is 0 Å². The first kappa shape index (κ1) is 12.6. The van der Waals surface area contributed by atoms with Crippen LogP contribution in [0.1, 0.15) is 57.1 Å². The van der Waals surface area contributed by atoms with Crippen molar-refractivity contribution in [3.63, 3.8) is 0 Å². The number of hydrogen-bond acceptors (Lipinski definition) is 1. The van der Waals surface area contributed by atoms with Crippen molar-refractivity contribution in [1.29, 1.82) is 0 Å². The molecule has 0 radical (unpaired) electrons. The van der Waals surface area contributed by atoms with Gasteiger partial charge in [-0.3, -0.25) is 0 Å². The highest BCUT2D eigenvalue weighted by molar-refractivity contribution is 5.25. The van der Waals surface area contributed by atoms with Crippen molar-refractivity contribution in [1.82, 2.24) is 0 Å². The summed E-state index contributed by atoms with van der Waals surface area (Å²) in [6.45, 7) is 6.39. The zero-order valence-corrected chi connectivity index (χ0v) is 11.2. The van der Waals surface area contributed by atoms with Gasteiger partial charge in [-0.05, 0) is 36.3 Å². The molecule has 1 aliphatic rings. The maximum absolute atomic E-state index is 10.4. The second-order valence-electron chi connectivity index (χ2n) is 6.22. The summed E-state index contributed by atoms with van der Waals surface area (Å²) in [5.74, 6) is 1.36. The van der Waals surface area contributed by atoms with E-state index in [1.165, 1.54) is 24.0 Å². The number of rotatable bonds is 5. The molecule has 1 aliphatic carbocycles. The van der Waals surface area contributed by atoms with Gasteiger partial charge >= 0.3 is 0 Å². The van der Waals surface area contributed by atoms with Gasteiger partial charge in [0, 0.05) is 6.42 Å². The van der Waals surface area contributed by atoms with Gasteiger partial charge in [0.1, 0.15) is 0 Å². The largest absolute Gasteiger partial charge is 0.390 e. The van der Waals surface area contributed by atoms with Crippen LogP contribution < -0.4 is 0 Å². The van der Waals surface area contributed by atoms with Crippen molar-refractivity contribution >= 4 is 0 Å². The Hall–Kier alpha value is -0.820. The summed E-state index contributed by atoms with van der Waals surface area (Å²) in [6, 6.07) is 8.70. The summed E-state index contributed by atoms with van der Waals surface area (Å²) in [5.41, 5.74) is 2.09. The van der Waals surface area contributed by atoms with E-state index >= 15 is 0 Å². The van der Waals surface area contributed by atoms with Gasteiger partial charge < -0.3 is 5.11 Å². The van der Waals surface area contributed by atoms with E-state index in [-0.39, 0.29) is 0 Å². The van der Waals surface area contributed by atoms with Crippen LogP contribution in [0.2, 0.25) is 0 Å². The highest BCUT2D eigenvalue weighted by Crippen LogP contribution is 2.37. The first-order chi connectivity index (χ1) is 7.96. The summed E-state index contributed by atoms with van der Waals surface area (Å²) in [6.07, 6.45) is 4.35. The number of benzene rings is 1. The molecular formula is C16H24O. The van der Waals surface area contributed by atoms with Crippen LogP contribution in [0.4, 0.5) is 0 Å². The lowest BCUT2D eigenvalue weighted by atomic mass is 9.90. The molecule has 0 spiro atoms. The topological polar surface area (TPSA) is 20.2 Å². The average Bonchev–Trinajstić information content (AvgIpc) is 3.00. The van der Waals surface area contributed by atoms with Gasteiger partial charge in [0.05, 0.1) is 5.60 Å². The van der Waals surface area contributed by atoms with E-state index in [2.05, 4.69) is 38.1 Å².